The Morgan fingerprint density at radius 3 is 2.44 bits per heavy atom. The normalized spacial score (nSPS) is 15.9. The quantitative estimate of drug-likeness (QED) is 0.546. The Balaban J connectivity index is 2.55. The van der Waals surface area contributed by atoms with Crippen molar-refractivity contribution >= 4 is 18.0 Å². The van der Waals surface area contributed by atoms with Gasteiger partial charge >= 0.3 is 6.09 Å². The molecule has 0 radical (unpaired) electrons. The molecular formula is C17H33N5O3. The molecule has 0 aromatic carbocycles. The van der Waals surface area contributed by atoms with E-state index < -0.39 is 0 Å². The van der Waals surface area contributed by atoms with Gasteiger partial charge in [-0.2, -0.15) is 0 Å². The van der Waals surface area contributed by atoms with E-state index in [9.17, 15) is 9.59 Å². The molecule has 1 saturated heterocycles. The zero-order chi connectivity index (χ0) is 18.8. The molecule has 8 nitrogen and oxygen atoms in total. The van der Waals surface area contributed by atoms with Gasteiger partial charge in [-0.15, -0.1) is 0 Å². The number of guanidine groups is 1. The van der Waals surface area contributed by atoms with Crippen LogP contribution in [0.4, 0.5) is 4.79 Å². The number of hydrogen-bond donors (Lipinski definition) is 2. The molecule has 0 saturated carbocycles. The SMILES string of the molecule is CCOC(=O)N1CCC(NC(=NCC(=O)N(C)C)NCC(C)C)CC1. The average Bonchev–Trinajstić information content (AvgIpc) is 2.57. The summed E-state index contributed by atoms with van der Waals surface area (Å²) in [4.78, 5) is 31.2. The van der Waals surface area contributed by atoms with Gasteiger partial charge in [0.15, 0.2) is 5.96 Å². The van der Waals surface area contributed by atoms with Gasteiger partial charge in [-0.3, -0.25) is 4.79 Å². The summed E-state index contributed by atoms with van der Waals surface area (Å²) >= 11 is 0. The molecular weight excluding hydrogens is 322 g/mol. The zero-order valence-electron chi connectivity index (χ0n) is 16.2. The third kappa shape index (κ3) is 8.09. The second-order valence-electron chi connectivity index (χ2n) is 6.83. The fraction of sp³-hybridized carbons (Fsp3) is 0.824. The van der Waals surface area contributed by atoms with E-state index in [1.165, 1.54) is 4.90 Å². The van der Waals surface area contributed by atoms with Crippen LogP contribution in [0.2, 0.25) is 0 Å². The molecule has 0 spiro atoms. The number of rotatable bonds is 6. The summed E-state index contributed by atoms with van der Waals surface area (Å²) in [5.41, 5.74) is 0. The van der Waals surface area contributed by atoms with E-state index in [1.54, 1.807) is 19.0 Å². The van der Waals surface area contributed by atoms with Crippen LogP contribution in [-0.4, -0.2) is 80.7 Å². The molecule has 1 aliphatic rings. The van der Waals surface area contributed by atoms with Gasteiger partial charge in [0.25, 0.3) is 0 Å². The van der Waals surface area contributed by atoms with Gasteiger partial charge < -0.3 is 25.2 Å². The van der Waals surface area contributed by atoms with E-state index in [0.29, 0.717) is 31.6 Å². The molecule has 144 valence electrons. The number of piperidine rings is 1. The van der Waals surface area contributed by atoms with Crippen molar-refractivity contribution in [3.8, 4) is 0 Å². The summed E-state index contributed by atoms with van der Waals surface area (Å²) in [5, 5.41) is 6.66. The topological polar surface area (TPSA) is 86.3 Å². The van der Waals surface area contributed by atoms with Crippen LogP contribution < -0.4 is 10.6 Å². The monoisotopic (exact) mass is 355 g/mol. The Morgan fingerprint density at radius 1 is 1.28 bits per heavy atom. The molecule has 1 rings (SSSR count). The second kappa shape index (κ2) is 10.8. The van der Waals surface area contributed by atoms with Crippen molar-refractivity contribution < 1.29 is 14.3 Å². The molecule has 0 bridgehead atoms. The van der Waals surface area contributed by atoms with E-state index in [1.807, 2.05) is 6.92 Å². The van der Waals surface area contributed by atoms with Gasteiger partial charge in [-0.25, -0.2) is 9.79 Å². The van der Waals surface area contributed by atoms with Gasteiger partial charge in [0.05, 0.1) is 6.61 Å². The number of ether oxygens (including phenoxy) is 1. The number of nitrogens with one attached hydrogen (secondary N) is 2. The highest BCUT2D eigenvalue weighted by molar-refractivity contribution is 5.85. The standard InChI is InChI=1S/C17H33N5O3/c1-6-25-17(24)22-9-7-14(8-10-22)20-16(18-11-13(2)3)19-12-15(23)21(4)5/h13-14H,6-12H2,1-5H3,(H2,18,19,20). The van der Waals surface area contributed by atoms with Crippen LogP contribution in [0.1, 0.15) is 33.6 Å². The van der Waals surface area contributed by atoms with Crippen molar-refractivity contribution in [1.29, 1.82) is 0 Å². The van der Waals surface area contributed by atoms with E-state index in [0.717, 1.165) is 19.4 Å². The predicted octanol–water partition coefficient (Wildman–Crippen LogP) is 0.887. The van der Waals surface area contributed by atoms with Crippen LogP contribution in [0.5, 0.6) is 0 Å². The summed E-state index contributed by atoms with van der Waals surface area (Å²) in [6, 6.07) is 0.221. The fourth-order valence-electron chi connectivity index (χ4n) is 2.36. The van der Waals surface area contributed by atoms with Crippen molar-refractivity contribution in [2.24, 2.45) is 10.9 Å². The molecule has 0 atom stereocenters. The lowest BCUT2D eigenvalue weighted by atomic mass is 10.1. The highest BCUT2D eigenvalue weighted by Gasteiger charge is 2.24. The van der Waals surface area contributed by atoms with Crippen molar-refractivity contribution in [2.45, 2.75) is 39.7 Å². The highest BCUT2D eigenvalue weighted by Crippen LogP contribution is 2.11. The Morgan fingerprint density at radius 2 is 1.92 bits per heavy atom. The first kappa shape index (κ1) is 21.1. The first-order chi connectivity index (χ1) is 11.8. The lowest BCUT2D eigenvalue weighted by Crippen LogP contribution is -2.50. The van der Waals surface area contributed by atoms with E-state index in [4.69, 9.17) is 4.74 Å². The maximum Gasteiger partial charge on any atom is 0.409 e. The van der Waals surface area contributed by atoms with Crippen LogP contribution in [0.25, 0.3) is 0 Å². The Kier molecular flexibility index (Phi) is 9.08. The van der Waals surface area contributed by atoms with Crippen LogP contribution >= 0.6 is 0 Å². The molecule has 2 amide bonds. The minimum Gasteiger partial charge on any atom is -0.450 e. The van der Waals surface area contributed by atoms with Crippen LogP contribution in [0.15, 0.2) is 4.99 Å². The largest absolute Gasteiger partial charge is 0.450 e. The lowest BCUT2D eigenvalue weighted by molar-refractivity contribution is -0.127. The fourth-order valence-corrected chi connectivity index (χ4v) is 2.36. The Bertz CT molecular complexity index is 457. The molecule has 0 aromatic rings. The van der Waals surface area contributed by atoms with Gasteiger partial charge in [0.2, 0.25) is 5.91 Å². The minimum absolute atomic E-state index is 0.0391. The molecule has 25 heavy (non-hydrogen) atoms. The predicted molar refractivity (Wildman–Crippen MR) is 98.6 cm³/mol. The molecule has 8 heteroatoms. The smallest absolute Gasteiger partial charge is 0.409 e. The van der Waals surface area contributed by atoms with E-state index in [-0.39, 0.29) is 24.6 Å². The third-order valence-corrected chi connectivity index (χ3v) is 3.91. The maximum atomic E-state index is 11.8. The first-order valence-corrected chi connectivity index (χ1v) is 9.00. The van der Waals surface area contributed by atoms with Crippen molar-refractivity contribution in [1.82, 2.24) is 20.4 Å². The maximum absolute atomic E-state index is 11.8. The Hall–Kier alpha value is -1.99. The zero-order valence-corrected chi connectivity index (χ0v) is 16.2. The molecule has 1 aliphatic heterocycles. The van der Waals surface area contributed by atoms with Crippen molar-refractivity contribution in [2.75, 3.05) is 46.9 Å². The Labute approximate surface area is 151 Å². The summed E-state index contributed by atoms with van der Waals surface area (Å²) in [7, 11) is 3.44. The number of amides is 2. The van der Waals surface area contributed by atoms with E-state index >= 15 is 0 Å². The van der Waals surface area contributed by atoms with Crippen LogP contribution in [0, 0.1) is 5.92 Å². The number of aliphatic imine (C=N–C) groups is 1. The van der Waals surface area contributed by atoms with Gasteiger partial charge in [0, 0.05) is 39.8 Å². The summed E-state index contributed by atoms with van der Waals surface area (Å²) < 4.78 is 5.04. The molecule has 0 unspecified atom stereocenters. The third-order valence-electron chi connectivity index (χ3n) is 3.91. The minimum atomic E-state index is -0.246. The lowest BCUT2D eigenvalue weighted by Gasteiger charge is -2.32. The summed E-state index contributed by atoms with van der Waals surface area (Å²) in [6.45, 7) is 8.65. The molecule has 1 fully saturated rings. The van der Waals surface area contributed by atoms with Crippen molar-refractivity contribution in [3.05, 3.63) is 0 Å². The number of carbonyl (C=O) groups excluding carboxylic acids is 2. The number of likely N-dealkylation sites (N-methyl/N-ethyl adjacent to an activating group) is 1. The second-order valence-corrected chi connectivity index (χ2v) is 6.83. The van der Waals surface area contributed by atoms with Gasteiger partial charge in [0.1, 0.15) is 6.54 Å². The molecule has 2 N–H and O–H groups in total. The molecule has 0 aliphatic carbocycles. The highest BCUT2D eigenvalue weighted by atomic mass is 16.6. The summed E-state index contributed by atoms with van der Waals surface area (Å²) in [6.07, 6.45) is 1.40. The number of hydrogen-bond acceptors (Lipinski definition) is 4. The van der Waals surface area contributed by atoms with Gasteiger partial charge in [-0.05, 0) is 25.7 Å². The molecule has 0 aromatic heterocycles. The summed E-state index contributed by atoms with van der Waals surface area (Å²) in [5.74, 6) is 1.09. The number of carbonyl (C=O) groups is 2. The van der Waals surface area contributed by atoms with E-state index in [2.05, 4.69) is 29.5 Å². The van der Waals surface area contributed by atoms with Gasteiger partial charge in [-0.1, -0.05) is 13.8 Å². The van der Waals surface area contributed by atoms with Crippen LogP contribution in [-0.2, 0) is 9.53 Å². The first-order valence-electron chi connectivity index (χ1n) is 9.00. The number of nitrogens with zero attached hydrogens (tertiary/aromatic N) is 3. The van der Waals surface area contributed by atoms with Crippen LogP contribution in [0.3, 0.4) is 0 Å². The molecule has 1 heterocycles. The van der Waals surface area contributed by atoms with Crippen molar-refractivity contribution in [3.63, 3.8) is 0 Å². The average molecular weight is 355 g/mol. The number of likely N-dealkylation sites (tertiary alicyclic amines) is 1.